The maximum absolute atomic E-state index is 2.63. The summed E-state index contributed by atoms with van der Waals surface area (Å²) in [5.74, 6) is 0.414. The van der Waals surface area contributed by atoms with Crippen molar-refractivity contribution in [3.63, 3.8) is 0 Å². The second-order valence-corrected chi connectivity index (χ2v) is 19.4. The van der Waals surface area contributed by atoms with Gasteiger partial charge in [0.05, 0.1) is 11.1 Å². The molecule has 1 spiro atoms. The number of anilines is 6. The Morgan fingerprint density at radius 3 is 1.86 bits per heavy atom. The molecule has 7 aromatic carbocycles. The summed E-state index contributed by atoms with van der Waals surface area (Å²) in [6.07, 6.45) is 0. The van der Waals surface area contributed by atoms with Crippen molar-refractivity contribution in [2.45, 2.75) is 58.3 Å². The lowest BCUT2D eigenvalue weighted by Crippen LogP contribution is -2.60. The van der Waals surface area contributed by atoms with E-state index in [9.17, 15) is 0 Å². The van der Waals surface area contributed by atoms with Gasteiger partial charge in [-0.25, -0.2) is 0 Å². The van der Waals surface area contributed by atoms with Gasteiger partial charge in [0, 0.05) is 43.7 Å². The molecule has 0 atom stereocenters. The van der Waals surface area contributed by atoms with E-state index in [0.29, 0.717) is 5.92 Å². The first-order valence-electron chi connectivity index (χ1n) is 21.2. The molecule has 0 amide bonds. The summed E-state index contributed by atoms with van der Waals surface area (Å²) in [6, 6.07) is 60.4. The highest BCUT2D eigenvalue weighted by molar-refractivity contribution is 7.30. The number of rotatable bonds is 3. The smallest absolute Gasteiger partial charge is 0.264 e. The molecule has 0 radical (unpaired) electrons. The number of hydrogen-bond donors (Lipinski definition) is 0. The van der Waals surface area contributed by atoms with Crippen molar-refractivity contribution >= 4 is 67.9 Å². The number of thiophene rings is 1. The van der Waals surface area contributed by atoms with E-state index in [1.54, 1.807) is 0 Å². The van der Waals surface area contributed by atoms with Gasteiger partial charge in [-0.2, -0.15) is 0 Å². The molecule has 2 aliphatic carbocycles. The van der Waals surface area contributed by atoms with E-state index in [-0.39, 0.29) is 12.1 Å². The number of aryl methyl sites for hydroxylation is 1. The third kappa shape index (κ3) is 4.59. The summed E-state index contributed by atoms with van der Waals surface area (Å²) in [7, 11) is 0. The van der Waals surface area contributed by atoms with Gasteiger partial charge in [0.1, 0.15) is 0 Å². The van der Waals surface area contributed by atoms with Crippen LogP contribution < -0.4 is 25.5 Å². The van der Waals surface area contributed by atoms with E-state index in [0.717, 1.165) is 0 Å². The minimum atomic E-state index is -0.424. The fraction of sp³-hybridized carbons (Fsp3) is 0.164. The van der Waals surface area contributed by atoms with Crippen LogP contribution in [0.15, 0.2) is 158 Å². The summed E-state index contributed by atoms with van der Waals surface area (Å²) in [6.45, 7) is 13.9. The highest BCUT2D eigenvalue weighted by Gasteiger charge is 2.57. The molecule has 284 valence electrons. The maximum atomic E-state index is 2.63. The lowest BCUT2D eigenvalue weighted by atomic mass is 9.36. The van der Waals surface area contributed by atoms with Crippen molar-refractivity contribution in [2.75, 3.05) is 9.80 Å². The van der Waals surface area contributed by atoms with E-state index in [4.69, 9.17) is 0 Å². The third-order valence-corrected chi connectivity index (χ3v) is 15.0. The van der Waals surface area contributed by atoms with Gasteiger partial charge in [0.15, 0.2) is 0 Å². The Labute approximate surface area is 352 Å². The van der Waals surface area contributed by atoms with E-state index < -0.39 is 5.41 Å². The zero-order valence-electron chi connectivity index (χ0n) is 34.5. The molecule has 12 rings (SSSR count). The summed E-state index contributed by atoms with van der Waals surface area (Å²) >= 11 is 2.07. The van der Waals surface area contributed by atoms with E-state index in [1.165, 1.54) is 110 Å². The molecule has 2 nitrogen and oxygen atoms in total. The largest absolute Gasteiger partial charge is 0.311 e. The van der Waals surface area contributed by atoms with E-state index in [1.807, 2.05) is 0 Å². The zero-order valence-corrected chi connectivity index (χ0v) is 35.3. The fourth-order valence-corrected chi connectivity index (χ4v) is 12.7. The van der Waals surface area contributed by atoms with Crippen molar-refractivity contribution in [2.24, 2.45) is 0 Å². The van der Waals surface area contributed by atoms with Gasteiger partial charge in [-0.3, -0.25) is 0 Å². The van der Waals surface area contributed by atoms with Gasteiger partial charge in [-0.05, 0) is 122 Å². The van der Waals surface area contributed by atoms with Gasteiger partial charge in [-0.1, -0.05) is 150 Å². The lowest BCUT2D eigenvalue weighted by molar-refractivity contribution is 0.590. The van der Waals surface area contributed by atoms with Crippen molar-refractivity contribution in [1.29, 1.82) is 0 Å². The quantitative estimate of drug-likeness (QED) is 0.165. The Morgan fingerprint density at radius 2 is 1.19 bits per heavy atom. The Bertz CT molecular complexity index is 2990. The van der Waals surface area contributed by atoms with Gasteiger partial charge in [-0.15, -0.1) is 11.3 Å². The molecule has 4 aliphatic rings. The van der Waals surface area contributed by atoms with Crippen LogP contribution in [0.25, 0.3) is 22.3 Å². The van der Waals surface area contributed by atoms with Gasteiger partial charge in [0.2, 0.25) is 0 Å². The molecule has 0 fully saturated rings. The Balaban J connectivity index is 1.21. The summed E-state index contributed by atoms with van der Waals surface area (Å²) in [5, 5.41) is 0. The first-order chi connectivity index (χ1) is 28.7. The van der Waals surface area contributed by atoms with Crippen molar-refractivity contribution in [3.8, 4) is 22.3 Å². The SMILES string of the molecule is Cc1cc2c3c(c1)N(c1ccccc1)c1c(sc4c1-c1ccc(C(C)C)cc1C41c4ccccc4-c4ccccc41)B3c1ccccc1N2c1ccc(C(C)(C)C)cc1. The molecule has 0 unspecified atom stereocenters. The second-order valence-electron chi connectivity index (χ2n) is 18.3. The normalized spacial score (nSPS) is 14.8. The second kappa shape index (κ2) is 12.2. The number of para-hydroxylation sites is 2. The van der Waals surface area contributed by atoms with Crippen LogP contribution in [0.1, 0.15) is 78.8 Å². The molecule has 4 heteroatoms. The molecule has 2 aliphatic heterocycles. The van der Waals surface area contributed by atoms with Crippen molar-refractivity contribution in [3.05, 3.63) is 196 Å². The fourth-order valence-electron chi connectivity index (χ4n) is 11.0. The Morgan fingerprint density at radius 1 is 0.576 bits per heavy atom. The van der Waals surface area contributed by atoms with Crippen LogP contribution in [0.2, 0.25) is 0 Å². The van der Waals surface area contributed by atoms with Gasteiger partial charge in [0.25, 0.3) is 6.71 Å². The molecule has 3 heterocycles. The molecule has 8 aromatic rings. The van der Waals surface area contributed by atoms with Crippen LogP contribution in [0.3, 0.4) is 0 Å². The van der Waals surface area contributed by atoms with Crippen LogP contribution in [-0.2, 0) is 10.8 Å². The molecule has 0 N–H and O–H groups in total. The predicted molar refractivity (Wildman–Crippen MR) is 252 cm³/mol. The van der Waals surface area contributed by atoms with Crippen LogP contribution >= 0.6 is 11.3 Å². The van der Waals surface area contributed by atoms with E-state index in [2.05, 4.69) is 220 Å². The average Bonchev–Trinajstić information content (AvgIpc) is 3.87. The molecule has 0 saturated heterocycles. The van der Waals surface area contributed by atoms with Gasteiger partial charge >= 0.3 is 0 Å². The van der Waals surface area contributed by atoms with Crippen LogP contribution in [0, 0.1) is 6.92 Å². The molecule has 0 bridgehead atoms. The predicted octanol–water partition coefficient (Wildman–Crippen LogP) is 12.9. The Hall–Kier alpha value is -6.10. The monoisotopic (exact) mass is 776 g/mol. The first kappa shape index (κ1) is 34.9. The van der Waals surface area contributed by atoms with Crippen molar-refractivity contribution < 1.29 is 0 Å². The molecular formula is C55H45BN2S. The number of hydrogen-bond acceptors (Lipinski definition) is 3. The zero-order chi connectivity index (χ0) is 39.9. The highest BCUT2D eigenvalue weighted by Crippen LogP contribution is 2.67. The summed E-state index contributed by atoms with van der Waals surface area (Å²) in [5.41, 5.74) is 23.5. The molecule has 0 saturated carbocycles. The van der Waals surface area contributed by atoms with Crippen LogP contribution in [0.5, 0.6) is 0 Å². The average molecular weight is 777 g/mol. The standard InChI is InChI=1S/C55H45BN2S/c1-33(2)35-24-29-41-44(32-35)55(42-20-12-10-18-39(42)40-19-11-13-21-43(40)55)52-49(41)51-53(59-52)56-45-22-14-15-23-46(45)57(38-27-25-36(26-28-38)54(4,5)6)47-30-34(3)31-48(50(47)56)58(51)37-16-8-7-9-17-37/h7-33H,1-6H3. The van der Waals surface area contributed by atoms with Gasteiger partial charge < -0.3 is 9.80 Å². The number of nitrogens with zero attached hydrogens (tertiary/aromatic N) is 2. The first-order valence-corrected chi connectivity index (χ1v) is 22.0. The van der Waals surface area contributed by atoms with Crippen LogP contribution in [-0.4, -0.2) is 6.71 Å². The minimum Gasteiger partial charge on any atom is -0.311 e. The van der Waals surface area contributed by atoms with E-state index >= 15 is 0 Å². The molecular weight excluding hydrogens is 731 g/mol. The topological polar surface area (TPSA) is 6.48 Å². The highest BCUT2D eigenvalue weighted by atomic mass is 32.1. The lowest BCUT2D eigenvalue weighted by Gasteiger charge is -2.43. The molecule has 59 heavy (non-hydrogen) atoms. The number of fused-ring (bicyclic) bond motifs is 15. The number of benzene rings is 7. The van der Waals surface area contributed by atoms with Crippen molar-refractivity contribution in [1.82, 2.24) is 0 Å². The third-order valence-electron chi connectivity index (χ3n) is 13.6. The minimum absolute atomic E-state index is 0.0646. The molecule has 1 aromatic heterocycles. The Kier molecular flexibility index (Phi) is 7.23. The maximum Gasteiger partial charge on any atom is 0.264 e. The summed E-state index contributed by atoms with van der Waals surface area (Å²) in [4.78, 5) is 6.61. The summed E-state index contributed by atoms with van der Waals surface area (Å²) < 4.78 is 1.42. The van der Waals surface area contributed by atoms with Crippen LogP contribution in [0.4, 0.5) is 34.1 Å².